The Balaban J connectivity index is 2.23. The number of nitrogens with one attached hydrogen (secondary N) is 1. The second-order valence-corrected chi connectivity index (χ2v) is 10.6. The predicted molar refractivity (Wildman–Crippen MR) is 149 cm³/mol. The van der Waals surface area contributed by atoms with Gasteiger partial charge in [-0.3, -0.25) is 14.5 Å². The third-order valence-electron chi connectivity index (χ3n) is 7.18. The molecule has 1 fully saturated rings. The zero-order valence-electron chi connectivity index (χ0n) is 23.5. The van der Waals surface area contributed by atoms with Gasteiger partial charge < -0.3 is 16.0 Å². The average Bonchev–Trinajstić information content (AvgIpc) is 3.12. The highest BCUT2D eigenvalue weighted by Gasteiger charge is 2.36. The van der Waals surface area contributed by atoms with Crippen LogP contribution in [0.5, 0.6) is 0 Å². The number of hydrogen-bond acceptors (Lipinski definition) is 4. The fourth-order valence-electron chi connectivity index (χ4n) is 4.89. The summed E-state index contributed by atoms with van der Waals surface area (Å²) in [6, 6.07) is -0.350. The van der Waals surface area contributed by atoms with Crippen LogP contribution in [0.25, 0.3) is 0 Å². The summed E-state index contributed by atoms with van der Waals surface area (Å²) < 4.78 is 0. The van der Waals surface area contributed by atoms with Crippen molar-refractivity contribution in [1.82, 2.24) is 15.1 Å². The largest absolute Gasteiger partial charge is 0.352 e. The van der Waals surface area contributed by atoms with Crippen LogP contribution < -0.4 is 11.1 Å². The van der Waals surface area contributed by atoms with Crippen LogP contribution in [0, 0.1) is 0 Å². The normalized spacial score (nSPS) is 14.6. The third-order valence-corrected chi connectivity index (χ3v) is 7.18. The van der Waals surface area contributed by atoms with E-state index in [1.54, 1.807) is 4.90 Å². The molecule has 0 aromatic heterocycles. The van der Waals surface area contributed by atoms with Crippen molar-refractivity contribution in [2.24, 2.45) is 5.73 Å². The van der Waals surface area contributed by atoms with Crippen molar-refractivity contribution in [3.63, 3.8) is 0 Å². The van der Waals surface area contributed by atoms with Gasteiger partial charge in [-0.2, -0.15) is 0 Å². The molecule has 0 aromatic rings. The van der Waals surface area contributed by atoms with Crippen molar-refractivity contribution in [3.8, 4) is 0 Å². The van der Waals surface area contributed by atoms with Crippen molar-refractivity contribution in [3.05, 3.63) is 0 Å². The molecule has 0 aromatic carbocycles. The summed E-state index contributed by atoms with van der Waals surface area (Å²) in [5.74, 6) is -0.0795. The first kappa shape index (κ1) is 32.4. The quantitative estimate of drug-likeness (QED) is 0.121. The molecule has 1 atom stereocenters. The minimum Gasteiger partial charge on any atom is -0.352 e. The van der Waals surface area contributed by atoms with Gasteiger partial charge >= 0.3 is 6.03 Å². The minimum absolute atomic E-state index is 0.0524. The van der Waals surface area contributed by atoms with Crippen molar-refractivity contribution in [1.29, 1.82) is 0 Å². The maximum absolute atomic E-state index is 12.7. The topological polar surface area (TPSA) is 95.7 Å². The van der Waals surface area contributed by atoms with Gasteiger partial charge in [0.1, 0.15) is 6.54 Å². The van der Waals surface area contributed by atoms with Crippen LogP contribution in [0.1, 0.15) is 136 Å². The van der Waals surface area contributed by atoms with E-state index in [1.165, 1.54) is 75.5 Å². The molecule has 4 amide bonds. The van der Waals surface area contributed by atoms with E-state index in [2.05, 4.69) is 12.2 Å². The number of urea groups is 1. The van der Waals surface area contributed by atoms with E-state index in [9.17, 15) is 14.4 Å². The Labute approximate surface area is 221 Å². The molecule has 1 aliphatic rings. The number of nitrogens with two attached hydrogens (primary N) is 1. The van der Waals surface area contributed by atoms with Crippen LogP contribution in [0.2, 0.25) is 0 Å². The van der Waals surface area contributed by atoms with Gasteiger partial charge in [0, 0.05) is 25.6 Å². The number of unbranched alkanes of at least 4 members (excludes halogenated alkanes) is 14. The first-order chi connectivity index (χ1) is 17.5. The second-order valence-electron chi connectivity index (χ2n) is 10.6. The Morgan fingerprint density at radius 1 is 0.806 bits per heavy atom. The number of carbonyl (C=O) groups excluding carboxylic acids is 3. The molecule has 7 nitrogen and oxygen atoms in total. The molecule has 1 aliphatic heterocycles. The van der Waals surface area contributed by atoms with Gasteiger partial charge in [0.05, 0.1) is 0 Å². The first-order valence-electron chi connectivity index (χ1n) is 15.1. The molecule has 36 heavy (non-hydrogen) atoms. The summed E-state index contributed by atoms with van der Waals surface area (Å²) in [6.45, 7) is 5.91. The standard InChI is InChI=1S/C29H56N4O3/c1-3-5-7-8-9-10-11-12-13-14-15-16-17-21-27(34)31-26(20-18-19-22-30)24-32-25-28(35)33(29(32)36)23-6-4-2/h26H,3-25,30H2,1-2H3,(H,31,34). The van der Waals surface area contributed by atoms with Gasteiger partial charge in [-0.25, -0.2) is 4.79 Å². The van der Waals surface area contributed by atoms with Gasteiger partial charge in [0.15, 0.2) is 0 Å². The lowest BCUT2D eigenvalue weighted by molar-refractivity contribution is -0.125. The Hall–Kier alpha value is -1.63. The molecule has 210 valence electrons. The summed E-state index contributed by atoms with van der Waals surface area (Å²) >= 11 is 0. The van der Waals surface area contributed by atoms with E-state index in [0.717, 1.165) is 44.9 Å². The maximum atomic E-state index is 12.7. The van der Waals surface area contributed by atoms with Crippen molar-refractivity contribution in [2.45, 2.75) is 142 Å². The summed E-state index contributed by atoms with van der Waals surface area (Å²) in [7, 11) is 0. The molecular formula is C29H56N4O3. The lowest BCUT2D eigenvalue weighted by atomic mass is 10.0. The Morgan fingerprint density at radius 2 is 1.36 bits per heavy atom. The van der Waals surface area contributed by atoms with Crippen molar-refractivity contribution >= 4 is 17.8 Å². The molecule has 1 rings (SSSR count). The lowest BCUT2D eigenvalue weighted by Crippen LogP contribution is -2.45. The predicted octanol–water partition coefficient (Wildman–Crippen LogP) is 6.15. The van der Waals surface area contributed by atoms with E-state index in [1.807, 2.05) is 6.92 Å². The highest BCUT2D eigenvalue weighted by molar-refractivity contribution is 6.02. The highest BCUT2D eigenvalue weighted by Crippen LogP contribution is 2.15. The fraction of sp³-hybridized carbons (Fsp3) is 0.897. The van der Waals surface area contributed by atoms with Gasteiger partial charge in [-0.05, 0) is 32.2 Å². The number of nitrogens with zero attached hydrogens (tertiary/aromatic N) is 2. The second kappa shape index (κ2) is 21.5. The average molecular weight is 509 g/mol. The van der Waals surface area contributed by atoms with Crippen LogP contribution >= 0.6 is 0 Å². The monoisotopic (exact) mass is 508 g/mol. The molecule has 1 unspecified atom stereocenters. The molecule has 0 radical (unpaired) electrons. The van der Waals surface area contributed by atoms with E-state index in [-0.39, 0.29) is 30.4 Å². The number of amides is 4. The van der Waals surface area contributed by atoms with Crippen molar-refractivity contribution < 1.29 is 14.4 Å². The summed E-state index contributed by atoms with van der Waals surface area (Å²) in [4.78, 5) is 40.5. The minimum atomic E-state index is -0.219. The maximum Gasteiger partial charge on any atom is 0.327 e. The van der Waals surface area contributed by atoms with Gasteiger partial charge in [-0.15, -0.1) is 0 Å². The fourth-order valence-corrected chi connectivity index (χ4v) is 4.89. The van der Waals surface area contributed by atoms with Gasteiger partial charge in [0.2, 0.25) is 11.8 Å². The van der Waals surface area contributed by atoms with E-state index in [0.29, 0.717) is 26.1 Å². The molecule has 0 saturated carbocycles. The summed E-state index contributed by atoms with van der Waals surface area (Å²) in [5.41, 5.74) is 5.64. The number of imide groups is 1. The molecule has 0 aliphatic carbocycles. The Kier molecular flexibility index (Phi) is 19.3. The van der Waals surface area contributed by atoms with Crippen LogP contribution in [-0.2, 0) is 9.59 Å². The SMILES string of the molecule is CCCCCCCCCCCCCCCC(=O)NC(CCCCN)CN1CC(=O)N(CCCC)C1=O. The Bertz CT molecular complexity index is 599. The van der Waals surface area contributed by atoms with E-state index >= 15 is 0 Å². The van der Waals surface area contributed by atoms with Gasteiger partial charge in [-0.1, -0.05) is 104 Å². The molecule has 1 saturated heterocycles. The van der Waals surface area contributed by atoms with Crippen molar-refractivity contribution in [2.75, 3.05) is 26.2 Å². The lowest BCUT2D eigenvalue weighted by Gasteiger charge is -2.24. The zero-order valence-corrected chi connectivity index (χ0v) is 23.5. The number of rotatable bonds is 24. The highest BCUT2D eigenvalue weighted by atomic mass is 16.2. The number of hydrogen-bond donors (Lipinski definition) is 2. The number of carbonyl (C=O) groups is 3. The van der Waals surface area contributed by atoms with E-state index < -0.39 is 0 Å². The van der Waals surface area contributed by atoms with Gasteiger partial charge in [0.25, 0.3) is 0 Å². The molecule has 0 spiro atoms. The Morgan fingerprint density at radius 3 is 1.92 bits per heavy atom. The van der Waals surface area contributed by atoms with E-state index in [4.69, 9.17) is 5.73 Å². The molecule has 3 N–H and O–H groups in total. The van der Waals surface area contributed by atoms with Crippen LogP contribution in [0.15, 0.2) is 0 Å². The third kappa shape index (κ3) is 14.8. The molecule has 1 heterocycles. The molecule has 0 bridgehead atoms. The van der Waals surface area contributed by atoms with Crippen LogP contribution in [-0.4, -0.2) is 59.9 Å². The summed E-state index contributed by atoms with van der Waals surface area (Å²) in [6.07, 6.45) is 21.6. The van der Waals surface area contributed by atoms with Crippen LogP contribution in [0.3, 0.4) is 0 Å². The zero-order chi connectivity index (χ0) is 26.4. The molecule has 7 heteroatoms. The van der Waals surface area contributed by atoms with Crippen LogP contribution in [0.4, 0.5) is 4.79 Å². The summed E-state index contributed by atoms with van der Waals surface area (Å²) in [5, 5.41) is 3.14. The smallest absolute Gasteiger partial charge is 0.327 e. The molecular weight excluding hydrogens is 452 g/mol. The first-order valence-corrected chi connectivity index (χ1v) is 15.1.